The third-order valence-electron chi connectivity index (χ3n) is 3.85. The van der Waals surface area contributed by atoms with Crippen molar-refractivity contribution in [3.8, 4) is 6.07 Å². The molecule has 0 bridgehead atoms. The summed E-state index contributed by atoms with van der Waals surface area (Å²) in [5, 5.41) is 23.6. The molecule has 2 N–H and O–H groups in total. The first kappa shape index (κ1) is 16.4. The van der Waals surface area contributed by atoms with Crippen LogP contribution in [0.1, 0.15) is 23.6 Å². The van der Waals surface area contributed by atoms with E-state index in [2.05, 4.69) is 44.9 Å². The van der Waals surface area contributed by atoms with Gasteiger partial charge in [-0.1, -0.05) is 37.3 Å². The molecule has 6 heteroatoms. The van der Waals surface area contributed by atoms with Crippen LogP contribution in [0.3, 0.4) is 0 Å². The average molecular weight is 330 g/mol. The standard InChI is InChI=1S/C19H18N6/c1-3-14-9-6-7-13(2)18(14)24-19-23-17(12-21-25-19)22-16-10-5-4-8-15(16)11-20/h4-10,12H,3H2,1-2H3,(H2,22,23,24,25). The van der Waals surface area contributed by atoms with Gasteiger partial charge in [-0.2, -0.15) is 15.3 Å². The van der Waals surface area contributed by atoms with E-state index >= 15 is 0 Å². The van der Waals surface area contributed by atoms with Gasteiger partial charge in [0.2, 0.25) is 5.95 Å². The molecule has 0 unspecified atom stereocenters. The lowest BCUT2D eigenvalue weighted by Crippen LogP contribution is -2.05. The molecule has 0 aliphatic rings. The molecule has 25 heavy (non-hydrogen) atoms. The summed E-state index contributed by atoms with van der Waals surface area (Å²) in [7, 11) is 0. The Kier molecular flexibility index (Phi) is 4.86. The summed E-state index contributed by atoms with van der Waals surface area (Å²) in [6, 6.07) is 15.6. The number of aryl methyl sites for hydroxylation is 2. The van der Waals surface area contributed by atoms with Gasteiger partial charge in [0.15, 0.2) is 5.82 Å². The van der Waals surface area contributed by atoms with Gasteiger partial charge in [-0.05, 0) is 36.6 Å². The lowest BCUT2D eigenvalue weighted by molar-refractivity contribution is 0.979. The van der Waals surface area contributed by atoms with Crippen LogP contribution in [0.2, 0.25) is 0 Å². The molecule has 124 valence electrons. The second kappa shape index (κ2) is 7.41. The Morgan fingerprint density at radius 2 is 1.92 bits per heavy atom. The summed E-state index contributed by atoms with van der Waals surface area (Å²) in [5.41, 5.74) is 4.54. The topological polar surface area (TPSA) is 86.5 Å². The van der Waals surface area contributed by atoms with E-state index in [4.69, 9.17) is 0 Å². The van der Waals surface area contributed by atoms with Gasteiger partial charge in [0.05, 0.1) is 17.4 Å². The highest BCUT2D eigenvalue weighted by molar-refractivity contribution is 5.66. The fourth-order valence-electron chi connectivity index (χ4n) is 2.56. The first-order chi connectivity index (χ1) is 12.2. The van der Waals surface area contributed by atoms with E-state index in [1.165, 1.54) is 11.8 Å². The van der Waals surface area contributed by atoms with Crippen LogP contribution >= 0.6 is 0 Å². The molecular weight excluding hydrogens is 312 g/mol. The smallest absolute Gasteiger partial charge is 0.249 e. The number of hydrogen-bond donors (Lipinski definition) is 2. The number of rotatable bonds is 5. The lowest BCUT2D eigenvalue weighted by Gasteiger charge is -2.13. The Morgan fingerprint density at radius 3 is 2.72 bits per heavy atom. The molecular formula is C19H18N6. The normalized spacial score (nSPS) is 10.1. The zero-order valence-electron chi connectivity index (χ0n) is 14.1. The maximum Gasteiger partial charge on any atom is 0.249 e. The number of para-hydroxylation sites is 2. The van der Waals surface area contributed by atoms with Gasteiger partial charge in [-0.25, -0.2) is 0 Å². The molecule has 0 fully saturated rings. The molecule has 0 saturated heterocycles. The van der Waals surface area contributed by atoms with E-state index in [9.17, 15) is 5.26 Å². The SMILES string of the molecule is CCc1cccc(C)c1Nc1nncc(Nc2ccccc2C#N)n1. The first-order valence-electron chi connectivity index (χ1n) is 8.02. The van der Waals surface area contributed by atoms with Gasteiger partial charge in [-0.3, -0.25) is 0 Å². The fraction of sp³-hybridized carbons (Fsp3) is 0.158. The minimum Gasteiger partial charge on any atom is -0.338 e. The molecule has 2 aromatic carbocycles. The number of nitrogens with zero attached hydrogens (tertiary/aromatic N) is 4. The molecule has 0 atom stereocenters. The highest BCUT2D eigenvalue weighted by Gasteiger charge is 2.08. The molecule has 0 amide bonds. The number of aromatic nitrogens is 3. The Bertz CT molecular complexity index is 929. The van der Waals surface area contributed by atoms with Crippen molar-refractivity contribution in [2.45, 2.75) is 20.3 Å². The van der Waals surface area contributed by atoms with Crippen LogP contribution < -0.4 is 10.6 Å². The minimum absolute atomic E-state index is 0.406. The van der Waals surface area contributed by atoms with Crippen LogP contribution in [0.15, 0.2) is 48.7 Å². The molecule has 0 aliphatic carbocycles. The molecule has 0 saturated carbocycles. The van der Waals surface area contributed by atoms with Crippen molar-refractivity contribution < 1.29 is 0 Å². The van der Waals surface area contributed by atoms with Crippen LogP contribution in [0.4, 0.5) is 23.1 Å². The predicted molar refractivity (Wildman–Crippen MR) is 98.1 cm³/mol. The van der Waals surface area contributed by atoms with Crippen molar-refractivity contribution in [3.63, 3.8) is 0 Å². The van der Waals surface area contributed by atoms with Gasteiger partial charge < -0.3 is 10.6 Å². The first-order valence-corrected chi connectivity index (χ1v) is 8.02. The number of anilines is 4. The Balaban J connectivity index is 1.87. The molecule has 3 rings (SSSR count). The Morgan fingerprint density at radius 1 is 1.08 bits per heavy atom. The van der Waals surface area contributed by atoms with Crippen molar-refractivity contribution >= 4 is 23.1 Å². The van der Waals surface area contributed by atoms with Crippen molar-refractivity contribution in [2.24, 2.45) is 0 Å². The van der Waals surface area contributed by atoms with E-state index in [0.29, 0.717) is 23.0 Å². The predicted octanol–water partition coefficient (Wildman–Crippen LogP) is 4.10. The zero-order valence-corrected chi connectivity index (χ0v) is 14.1. The van der Waals surface area contributed by atoms with E-state index in [0.717, 1.165) is 17.7 Å². The summed E-state index contributed by atoms with van der Waals surface area (Å²) in [4.78, 5) is 4.45. The maximum atomic E-state index is 9.18. The minimum atomic E-state index is 0.406. The van der Waals surface area contributed by atoms with E-state index in [1.54, 1.807) is 6.07 Å². The van der Waals surface area contributed by atoms with Crippen molar-refractivity contribution in [3.05, 3.63) is 65.4 Å². The summed E-state index contributed by atoms with van der Waals surface area (Å²) < 4.78 is 0. The van der Waals surface area contributed by atoms with E-state index in [-0.39, 0.29) is 0 Å². The van der Waals surface area contributed by atoms with Gasteiger partial charge in [0, 0.05) is 5.69 Å². The van der Waals surface area contributed by atoms with Crippen LogP contribution in [-0.2, 0) is 6.42 Å². The molecule has 1 aromatic heterocycles. The molecule has 0 spiro atoms. The molecule has 1 heterocycles. The Labute approximate surface area is 146 Å². The van der Waals surface area contributed by atoms with Gasteiger partial charge in [0.25, 0.3) is 0 Å². The molecule has 3 aromatic rings. The van der Waals surface area contributed by atoms with E-state index in [1.807, 2.05) is 37.3 Å². The van der Waals surface area contributed by atoms with Crippen LogP contribution in [0, 0.1) is 18.3 Å². The number of benzene rings is 2. The summed E-state index contributed by atoms with van der Waals surface area (Å²) in [6.45, 7) is 4.15. The maximum absolute atomic E-state index is 9.18. The fourth-order valence-corrected chi connectivity index (χ4v) is 2.56. The third-order valence-corrected chi connectivity index (χ3v) is 3.85. The number of hydrogen-bond acceptors (Lipinski definition) is 6. The molecule has 6 nitrogen and oxygen atoms in total. The van der Waals surface area contributed by atoms with Crippen molar-refractivity contribution in [2.75, 3.05) is 10.6 Å². The quantitative estimate of drug-likeness (QED) is 0.732. The largest absolute Gasteiger partial charge is 0.338 e. The van der Waals surface area contributed by atoms with E-state index < -0.39 is 0 Å². The third kappa shape index (κ3) is 3.72. The van der Waals surface area contributed by atoms with Crippen LogP contribution in [0.5, 0.6) is 0 Å². The van der Waals surface area contributed by atoms with Crippen LogP contribution in [0.25, 0.3) is 0 Å². The van der Waals surface area contributed by atoms with Crippen LogP contribution in [-0.4, -0.2) is 15.2 Å². The number of nitrogens with one attached hydrogen (secondary N) is 2. The Hall–Kier alpha value is -3.46. The van der Waals surface area contributed by atoms with Gasteiger partial charge >= 0.3 is 0 Å². The zero-order chi connectivity index (χ0) is 17.6. The highest BCUT2D eigenvalue weighted by atomic mass is 15.3. The second-order valence-corrected chi connectivity index (χ2v) is 5.54. The highest BCUT2D eigenvalue weighted by Crippen LogP contribution is 2.24. The van der Waals surface area contributed by atoms with Gasteiger partial charge in [0.1, 0.15) is 6.07 Å². The summed E-state index contributed by atoms with van der Waals surface area (Å²) in [6.07, 6.45) is 2.43. The summed E-state index contributed by atoms with van der Waals surface area (Å²) in [5.74, 6) is 0.926. The van der Waals surface area contributed by atoms with Crippen molar-refractivity contribution in [1.82, 2.24) is 15.2 Å². The monoisotopic (exact) mass is 330 g/mol. The number of nitriles is 1. The second-order valence-electron chi connectivity index (χ2n) is 5.54. The molecule has 0 radical (unpaired) electrons. The van der Waals surface area contributed by atoms with Gasteiger partial charge in [-0.15, -0.1) is 5.10 Å². The average Bonchev–Trinajstić information content (AvgIpc) is 2.64. The molecule has 0 aliphatic heterocycles. The summed E-state index contributed by atoms with van der Waals surface area (Å²) >= 11 is 0. The lowest BCUT2D eigenvalue weighted by atomic mass is 10.1. The van der Waals surface area contributed by atoms with Crippen molar-refractivity contribution in [1.29, 1.82) is 5.26 Å².